The van der Waals surface area contributed by atoms with Gasteiger partial charge in [0, 0.05) is 18.7 Å². The number of anilines is 1. The van der Waals surface area contributed by atoms with Gasteiger partial charge in [-0.15, -0.1) is 0 Å². The lowest BCUT2D eigenvalue weighted by atomic mass is 10.1. The van der Waals surface area contributed by atoms with Crippen molar-refractivity contribution in [1.29, 1.82) is 0 Å². The number of ketones is 1. The minimum absolute atomic E-state index is 0.0312. The second kappa shape index (κ2) is 6.87. The lowest BCUT2D eigenvalue weighted by Crippen LogP contribution is -2.22. The van der Waals surface area contributed by atoms with Gasteiger partial charge < -0.3 is 10.6 Å². The van der Waals surface area contributed by atoms with E-state index in [0.717, 1.165) is 16.6 Å². The van der Waals surface area contributed by atoms with Gasteiger partial charge in [0.15, 0.2) is 5.78 Å². The smallest absolute Gasteiger partial charge is 0.186 e. The number of nitrogens with zero attached hydrogens (tertiary/aromatic N) is 3. The van der Waals surface area contributed by atoms with E-state index in [0.29, 0.717) is 24.3 Å². The van der Waals surface area contributed by atoms with Crippen LogP contribution in [0.5, 0.6) is 0 Å². The maximum Gasteiger partial charge on any atom is 0.186 e. The molecule has 21 heavy (non-hydrogen) atoms. The van der Waals surface area contributed by atoms with Gasteiger partial charge in [-0.2, -0.15) is 5.10 Å². The van der Waals surface area contributed by atoms with Crippen LogP contribution >= 0.6 is 15.9 Å². The molecule has 0 spiro atoms. The van der Waals surface area contributed by atoms with E-state index in [4.69, 9.17) is 5.73 Å². The summed E-state index contributed by atoms with van der Waals surface area (Å²) in [5.74, 6) is 0.0312. The van der Waals surface area contributed by atoms with Crippen molar-refractivity contribution < 1.29 is 4.79 Å². The van der Waals surface area contributed by atoms with Gasteiger partial charge in [0.1, 0.15) is 5.69 Å². The molecular formula is C15H19BrN4O. The third kappa shape index (κ3) is 4.15. The number of hydrogen-bond acceptors (Lipinski definition) is 4. The first-order valence-electron chi connectivity index (χ1n) is 6.71. The van der Waals surface area contributed by atoms with Crippen LogP contribution in [0.2, 0.25) is 0 Å². The van der Waals surface area contributed by atoms with Crippen LogP contribution < -0.4 is 5.73 Å². The predicted molar refractivity (Wildman–Crippen MR) is 87.4 cm³/mol. The number of rotatable bonds is 6. The first-order valence-corrected chi connectivity index (χ1v) is 7.50. The zero-order chi connectivity index (χ0) is 15.4. The van der Waals surface area contributed by atoms with Gasteiger partial charge in [-0.25, -0.2) is 0 Å². The summed E-state index contributed by atoms with van der Waals surface area (Å²) in [6.07, 6.45) is 1.99. The monoisotopic (exact) mass is 350 g/mol. The molecule has 0 bridgehead atoms. The van der Waals surface area contributed by atoms with Crippen molar-refractivity contribution in [1.82, 2.24) is 14.7 Å². The Bertz CT molecular complexity index is 636. The highest BCUT2D eigenvalue weighted by atomic mass is 79.9. The highest BCUT2D eigenvalue weighted by molar-refractivity contribution is 9.10. The van der Waals surface area contributed by atoms with Crippen molar-refractivity contribution >= 4 is 27.4 Å². The Morgan fingerprint density at radius 2 is 2.19 bits per heavy atom. The van der Waals surface area contributed by atoms with Crippen molar-refractivity contribution in [2.45, 2.75) is 13.0 Å². The predicted octanol–water partition coefficient (Wildman–Crippen LogP) is 2.21. The van der Waals surface area contributed by atoms with Crippen molar-refractivity contribution in [2.24, 2.45) is 0 Å². The molecule has 0 fully saturated rings. The summed E-state index contributed by atoms with van der Waals surface area (Å²) in [5, 5.41) is 4.27. The van der Waals surface area contributed by atoms with E-state index in [1.165, 1.54) is 0 Å². The second-order valence-corrected chi connectivity index (χ2v) is 6.07. The number of hydrogen-bond donors (Lipinski definition) is 1. The average molecular weight is 351 g/mol. The minimum atomic E-state index is 0.0312. The lowest BCUT2D eigenvalue weighted by molar-refractivity contribution is 0.0981. The normalized spacial score (nSPS) is 11.0. The Kier molecular flexibility index (Phi) is 5.14. The van der Waals surface area contributed by atoms with Gasteiger partial charge in [-0.1, -0.05) is 12.1 Å². The highest BCUT2D eigenvalue weighted by Gasteiger charge is 2.17. The molecule has 0 atom stereocenters. The minimum Gasteiger partial charge on any atom is -0.399 e. The molecule has 0 saturated carbocycles. The number of aromatic nitrogens is 2. The summed E-state index contributed by atoms with van der Waals surface area (Å²) >= 11 is 3.41. The Balaban J connectivity index is 2.17. The highest BCUT2D eigenvalue weighted by Crippen LogP contribution is 2.19. The number of likely N-dealkylation sites (N-methyl/N-ethyl adjacent to an activating group) is 1. The Labute approximate surface area is 132 Å². The molecule has 0 amide bonds. The average Bonchev–Trinajstić information content (AvgIpc) is 2.77. The van der Waals surface area contributed by atoms with Crippen LogP contribution in [0.4, 0.5) is 5.69 Å². The molecule has 0 unspecified atom stereocenters. The van der Waals surface area contributed by atoms with E-state index in [1.54, 1.807) is 10.9 Å². The Morgan fingerprint density at radius 3 is 2.86 bits per heavy atom. The molecular weight excluding hydrogens is 332 g/mol. The Morgan fingerprint density at radius 1 is 1.43 bits per heavy atom. The number of carbonyl (C=O) groups excluding carboxylic acids is 1. The van der Waals surface area contributed by atoms with Crippen LogP contribution in [0.25, 0.3) is 0 Å². The zero-order valence-corrected chi connectivity index (χ0v) is 13.8. The molecule has 6 heteroatoms. The van der Waals surface area contributed by atoms with E-state index in [2.05, 4.69) is 25.9 Å². The summed E-state index contributed by atoms with van der Waals surface area (Å²) in [4.78, 5) is 14.6. The van der Waals surface area contributed by atoms with Crippen LogP contribution in [0.3, 0.4) is 0 Å². The summed E-state index contributed by atoms with van der Waals surface area (Å²) in [5.41, 5.74) is 7.94. The van der Waals surface area contributed by atoms with Crippen LogP contribution in [-0.2, 0) is 13.0 Å². The van der Waals surface area contributed by atoms with Gasteiger partial charge in [0.2, 0.25) is 0 Å². The van der Waals surface area contributed by atoms with E-state index in [1.807, 2.05) is 38.4 Å². The fourth-order valence-electron chi connectivity index (χ4n) is 2.08. The lowest BCUT2D eigenvalue weighted by Gasteiger charge is -2.12. The molecule has 112 valence electrons. The fraction of sp³-hybridized carbons (Fsp3) is 0.333. The van der Waals surface area contributed by atoms with Gasteiger partial charge in [-0.05, 0) is 47.7 Å². The van der Waals surface area contributed by atoms with E-state index in [9.17, 15) is 4.79 Å². The third-order valence-electron chi connectivity index (χ3n) is 3.13. The van der Waals surface area contributed by atoms with E-state index in [-0.39, 0.29) is 5.78 Å². The molecule has 0 radical (unpaired) electrons. The molecule has 0 aliphatic heterocycles. The van der Waals surface area contributed by atoms with Gasteiger partial charge in [-0.3, -0.25) is 9.48 Å². The maximum absolute atomic E-state index is 12.5. The number of nitrogens with two attached hydrogens (primary N) is 1. The van der Waals surface area contributed by atoms with Crippen LogP contribution in [-0.4, -0.2) is 41.1 Å². The maximum atomic E-state index is 12.5. The van der Waals surface area contributed by atoms with Crippen LogP contribution in [0, 0.1) is 0 Å². The van der Waals surface area contributed by atoms with E-state index >= 15 is 0 Å². The van der Waals surface area contributed by atoms with Crippen molar-refractivity contribution in [3.05, 3.63) is 46.2 Å². The van der Waals surface area contributed by atoms with E-state index < -0.39 is 0 Å². The third-order valence-corrected chi connectivity index (χ3v) is 3.71. The fourth-order valence-corrected chi connectivity index (χ4v) is 2.59. The summed E-state index contributed by atoms with van der Waals surface area (Å²) in [7, 11) is 3.99. The summed E-state index contributed by atoms with van der Waals surface area (Å²) in [6, 6.07) is 7.40. The van der Waals surface area contributed by atoms with Crippen LogP contribution in [0.15, 0.2) is 34.9 Å². The van der Waals surface area contributed by atoms with Crippen molar-refractivity contribution in [3.8, 4) is 0 Å². The molecule has 2 rings (SSSR count). The topological polar surface area (TPSA) is 64.2 Å². The van der Waals surface area contributed by atoms with Gasteiger partial charge in [0.25, 0.3) is 0 Å². The van der Waals surface area contributed by atoms with Gasteiger partial charge >= 0.3 is 0 Å². The first kappa shape index (κ1) is 15.7. The first-order chi connectivity index (χ1) is 9.97. The number of carbonyl (C=O) groups is 1. The molecule has 5 nitrogen and oxygen atoms in total. The SMILES string of the molecule is CN(C)CCn1ncc(Br)c1C(=O)Cc1cccc(N)c1. The van der Waals surface area contributed by atoms with Crippen molar-refractivity contribution in [3.63, 3.8) is 0 Å². The van der Waals surface area contributed by atoms with Crippen molar-refractivity contribution in [2.75, 3.05) is 26.4 Å². The molecule has 0 saturated heterocycles. The molecule has 0 aliphatic carbocycles. The van der Waals surface area contributed by atoms with Crippen LogP contribution in [0.1, 0.15) is 16.1 Å². The standard InChI is InChI=1S/C15H19BrN4O/c1-19(2)6-7-20-15(13(16)10-18-20)14(21)9-11-4-3-5-12(17)8-11/h3-5,8,10H,6-7,9,17H2,1-2H3. The molecule has 2 aromatic rings. The number of benzene rings is 1. The molecule has 0 aliphatic rings. The molecule has 1 aromatic carbocycles. The Hall–Kier alpha value is -1.66. The molecule has 1 heterocycles. The molecule has 2 N–H and O–H groups in total. The number of Topliss-reactive ketones (excluding diaryl/α,β-unsaturated/α-hetero) is 1. The number of halogens is 1. The summed E-state index contributed by atoms with van der Waals surface area (Å²) < 4.78 is 2.48. The largest absolute Gasteiger partial charge is 0.399 e. The molecule has 1 aromatic heterocycles. The number of nitrogen functional groups attached to an aromatic ring is 1. The zero-order valence-electron chi connectivity index (χ0n) is 12.2. The van der Waals surface area contributed by atoms with Gasteiger partial charge in [0.05, 0.1) is 17.2 Å². The summed E-state index contributed by atoms with van der Waals surface area (Å²) in [6.45, 7) is 1.50. The second-order valence-electron chi connectivity index (χ2n) is 5.21. The quantitative estimate of drug-likeness (QED) is 0.640.